The minimum Gasteiger partial charge on any atom is -0.506 e. The van der Waals surface area contributed by atoms with Gasteiger partial charge in [0, 0.05) is 68.8 Å². The molecule has 6 rings (SSSR count). The van der Waals surface area contributed by atoms with Crippen molar-refractivity contribution in [1.29, 1.82) is 0 Å². The number of allylic oxidation sites excluding steroid dienone is 6. The molecule has 3 aromatic heterocycles. The van der Waals surface area contributed by atoms with E-state index in [4.69, 9.17) is 0 Å². The van der Waals surface area contributed by atoms with Crippen LogP contribution in [0, 0.1) is 20.2 Å². The van der Waals surface area contributed by atoms with Gasteiger partial charge < -0.3 is 35.7 Å². The summed E-state index contributed by atoms with van der Waals surface area (Å²) in [6.07, 6.45) is 13.1. The molecule has 2 aliphatic rings. The van der Waals surface area contributed by atoms with E-state index in [1.807, 2.05) is 66.9 Å². The third kappa shape index (κ3) is 12.2. The van der Waals surface area contributed by atoms with Crippen LogP contribution in [-0.4, -0.2) is 54.7 Å². The molecule has 0 spiro atoms. The van der Waals surface area contributed by atoms with Gasteiger partial charge in [0.05, 0.1) is 36.3 Å². The number of azo groups is 1. The van der Waals surface area contributed by atoms with Gasteiger partial charge in [0.2, 0.25) is 0 Å². The van der Waals surface area contributed by atoms with Crippen LogP contribution in [0.3, 0.4) is 0 Å². The van der Waals surface area contributed by atoms with E-state index < -0.39 is 9.85 Å². The summed E-state index contributed by atoms with van der Waals surface area (Å²) < 4.78 is 3.84. The molecule has 281 valence electrons. The van der Waals surface area contributed by atoms with Crippen LogP contribution in [0.1, 0.15) is 0 Å². The number of benzene rings is 1. The Kier molecular flexibility index (Phi) is 15.2. The topological polar surface area (TPSA) is 284 Å². The maximum Gasteiger partial charge on any atom is 0.421 e. The van der Waals surface area contributed by atoms with E-state index in [2.05, 4.69) is 45.9 Å². The Bertz CT molecular complexity index is 2260. The van der Waals surface area contributed by atoms with E-state index in [-0.39, 0.29) is 70.9 Å². The van der Waals surface area contributed by atoms with Crippen LogP contribution in [0.2, 0.25) is 0 Å². The molecule has 24 heteroatoms. The summed E-state index contributed by atoms with van der Waals surface area (Å²) in [4.78, 5) is 48.9. The molecule has 0 amide bonds. The van der Waals surface area contributed by atoms with Gasteiger partial charge in [-0.2, -0.15) is 0 Å². The van der Waals surface area contributed by atoms with E-state index in [1.54, 1.807) is 0 Å². The Labute approximate surface area is 321 Å². The molecule has 0 fully saturated rings. The zero-order chi connectivity index (χ0) is 38.5. The summed E-state index contributed by atoms with van der Waals surface area (Å²) in [6, 6.07) is 7.80. The van der Waals surface area contributed by atoms with Gasteiger partial charge in [-0.05, 0) is 48.6 Å². The average Bonchev–Trinajstić information content (AvgIpc) is 3.88. The van der Waals surface area contributed by atoms with Crippen LogP contribution in [0.4, 0.5) is 27.3 Å². The van der Waals surface area contributed by atoms with Crippen molar-refractivity contribution >= 4 is 73.0 Å². The van der Waals surface area contributed by atoms with Crippen molar-refractivity contribution in [1.82, 2.24) is 14.5 Å². The standard InChI is InChI=1S/C12H15N5.2C9H6N4O4S.Co/c1-13-10-4-6-11(7-5-10)14-15-12-16(2)8-9-17(12)3;2*14-5-1-2-6(7(15)3-5)11-12-9-10-4-8(18-9)13(16)17;/h4-9H,1-3H3;2*1-4H,(H2,10,12,14,15);/p-1. The molecule has 1 radical (unpaired) electrons. The first-order valence-corrected chi connectivity index (χ1v) is 16.2. The number of hydrogen-bond donors (Lipinski definition) is 3. The first-order chi connectivity index (χ1) is 25.3. The van der Waals surface area contributed by atoms with Gasteiger partial charge >= 0.3 is 16.0 Å². The van der Waals surface area contributed by atoms with Crippen molar-refractivity contribution in [2.75, 3.05) is 12.4 Å². The average molecular weight is 820 g/mol. The molecule has 21 nitrogen and oxygen atoms in total. The fourth-order valence-electron chi connectivity index (χ4n) is 3.66. The predicted octanol–water partition coefficient (Wildman–Crippen LogP) is 3.21. The molecule has 0 aliphatic heterocycles. The van der Waals surface area contributed by atoms with Crippen molar-refractivity contribution in [3.05, 3.63) is 127 Å². The Morgan fingerprint density at radius 3 is 1.65 bits per heavy atom. The van der Waals surface area contributed by atoms with Crippen LogP contribution in [0.5, 0.6) is 0 Å². The fourth-order valence-corrected chi connectivity index (χ4v) is 4.77. The molecular weight excluding hydrogens is 793 g/mol. The molecule has 3 heterocycles. The number of carbonyl (C=O) groups is 2. The second-order valence-corrected chi connectivity index (χ2v) is 12.0. The molecule has 3 N–H and O–H groups in total. The maximum absolute atomic E-state index is 10.9. The van der Waals surface area contributed by atoms with Gasteiger partial charge in [-0.25, -0.2) is 9.13 Å². The van der Waals surface area contributed by atoms with Crippen LogP contribution < -0.4 is 29.5 Å². The Morgan fingerprint density at radius 2 is 1.28 bits per heavy atom. The molecule has 0 saturated carbocycles. The second-order valence-electron chi connectivity index (χ2n) is 9.99. The zero-order valence-corrected chi connectivity index (χ0v) is 30.6. The molecule has 1 aromatic carbocycles. The van der Waals surface area contributed by atoms with E-state index in [9.17, 15) is 40.0 Å². The van der Waals surface area contributed by atoms with E-state index in [0.717, 1.165) is 64.5 Å². The van der Waals surface area contributed by atoms with Crippen molar-refractivity contribution in [3.8, 4) is 0 Å². The number of aliphatic hydroxyl groups excluding tert-OH is 2. The van der Waals surface area contributed by atoms with E-state index in [0.29, 0.717) is 0 Å². The van der Waals surface area contributed by atoms with Crippen molar-refractivity contribution in [2.24, 2.45) is 44.7 Å². The number of aliphatic hydroxyl groups is 2. The summed E-state index contributed by atoms with van der Waals surface area (Å²) in [5.74, 6) is -0.509. The van der Waals surface area contributed by atoms with Gasteiger partial charge in [0.1, 0.15) is 28.6 Å². The number of aromatic nitrogens is 4. The third-order valence-corrected chi connectivity index (χ3v) is 7.92. The number of rotatable bonds is 7. The monoisotopic (exact) mass is 819 g/mol. The second kappa shape index (κ2) is 19.7. The van der Waals surface area contributed by atoms with Gasteiger partial charge in [0.15, 0.2) is 11.6 Å². The van der Waals surface area contributed by atoms with Crippen molar-refractivity contribution in [3.63, 3.8) is 0 Å². The SMILES string of the molecule is CNc1ccc(N=Nc2n(C)cc[n+]2C)cc1.O=C1C=CC(=NN=c2[n-]cc([N+](=O)[O-])s2)C(O)=C1.O=C1C=CC(=NN=c2[n-]cc([N+](=O)[O-])s2)C(O)=C1.[Co]. The van der Waals surface area contributed by atoms with Gasteiger partial charge in [0.25, 0.3) is 0 Å². The minimum absolute atomic E-state index is 0. The quantitative estimate of drug-likeness (QED) is 0.0800. The fraction of sp³-hybridized carbons (Fsp3) is 0.100. The number of ketones is 2. The third-order valence-electron chi connectivity index (χ3n) is 6.26. The summed E-state index contributed by atoms with van der Waals surface area (Å²) >= 11 is 1.51. The molecule has 54 heavy (non-hydrogen) atoms. The molecular formula is C30H26CoN13O8S2-. The molecule has 4 aromatic rings. The summed E-state index contributed by atoms with van der Waals surface area (Å²) in [5.41, 5.74) is 2.08. The number of aryl methyl sites for hydroxylation is 2. The summed E-state index contributed by atoms with van der Waals surface area (Å²) in [7, 11) is 5.78. The molecule has 2 aliphatic carbocycles. The van der Waals surface area contributed by atoms with Gasteiger partial charge in [-0.15, -0.1) is 0 Å². The molecule has 0 bridgehead atoms. The number of carbonyl (C=O) groups excluding carboxylic acids is 2. The molecule has 0 saturated heterocycles. The summed E-state index contributed by atoms with van der Waals surface area (Å²) in [6.45, 7) is 0. The Balaban J connectivity index is 0.000000216. The van der Waals surface area contributed by atoms with E-state index >= 15 is 0 Å². The minimum atomic E-state index is -0.583. The van der Waals surface area contributed by atoms with Crippen LogP contribution in [0.25, 0.3) is 0 Å². The predicted molar refractivity (Wildman–Crippen MR) is 191 cm³/mol. The Morgan fingerprint density at radius 1 is 0.796 bits per heavy atom. The number of anilines is 1. The molecule has 0 unspecified atom stereocenters. The van der Waals surface area contributed by atoms with Gasteiger partial charge in [-0.1, -0.05) is 27.8 Å². The number of hydrogen-bond acceptors (Lipinski definition) is 17. The maximum atomic E-state index is 10.9. The number of nitrogens with one attached hydrogen (secondary N) is 1. The number of nitro groups is 2. The van der Waals surface area contributed by atoms with Crippen molar-refractivity contribution in [2.45, 2.75) is 0 Å². The van der Waals surface area contributed by atoms with Crippen LogP contribution in [-0.2, 0) is 40.5 Å². The summed E-state index contributed by atoms with van der Waals surface area (Å²) in [5, 5.41) is 65.3. The first kappa shape index (κ1) is 41.7. The van der Waals surface area contributed by atoms with Gasteiger partial charge in [-0.3, -0.25) is 40.0 Å². The largest absolute Gasteiger partial charge is 0.506 e. The zero-order valence-electron chi connectivity index (χ0n) is 27.9. The van der Waals surface area contributed by atoms with E-state index in [1.165, 1.54) is 24.3 Å². The number of imidazole rings is 1. The first-order valence-electron chi connectivity index (χ1n) is 14.6. The Hall–Kier alpha value is -6.76. The molecule has 0 atom stereocenters. The van der Waals surface area contributed by atoms with Crippen LogP contribution in [0.15, 0.2) is 128 Å². The smallest absolute Gasteiger partial charge is 0.421 e. The number of thiazole rings is 2. The normalized spacial score (nSPS) is 15.6. The van der Waals surface area contributed by atoms with Crippen molar-refractivity contribution < 1.29 is 51.0 Å². The number of nitrogens with zero attached hydrogens (tertiary/aromatic N) is 12. The van der Waals surface area contributed by atoms with Crippen LogP contribution >= 0.6 is 22.7 Å².